The number of likely N-dealkylation sites (N-methyl/N-ethyl adjacent to an activating group) is 1. The van der Waals surface area contributed by atoms with Gasteiger partial charge in [0.2, 0.25) is 5.91 Å². The Morgan fingerprint density at radius 1 is 1.36 bits per heavy atom. The molecule has 0 aliphatic rings. The first kappa shape index (κ1) is 16.4. The van der Waals surface area contributed by atoms with Crippen molar-refractivity contribution in [3.05, 3.63) is 29.3 Å². The number of carbonyl (C=O) groups is 2. The third-order valence-electron chi connectivity index (χ3n) is 3.12. The molecule has 2 aromatic rings. The number of aromatic nitrogens is 1. The van der Waals surface area contributed by atoms with Gasteiger partial charge in [-0.1, -0.05) is 12.1 Å². The van der Waals surface area contributed by atoms with E-state index in [0.717, 1.165) is 15.2 Å². The van der Waals surface area contributed by atoms with Gasteiger partial charge in [-0.05, 0) is 19.2 Å². The summed E-state index contributed by atoms with van der Waals surface area (Å²) in [5.74, 6) is -0.961. The molecule has 22 heavy (non-hydrogen) atoms. The second kappa shape index (κ2) is 7.86. The summed E-state index contributed by atoms with van der Waals surface area (Å²) >= 11 is 1.64. The monoisotopic (exact) mass is 321 g/mol. The van der Waals surface area contributed by atoms with Gasteiger partial charge in [0.05, 0.1) is 28.2 Å². The smallest absolute Gasteiger partial charge is 0.304 e. The van der Waals surface area contributed by atoms with Crippen LogP contribution in [0.1, 0.15) is 11.4 Å². The number of fused-ring (bicyclic) bond motifs is 1. The van der Waals surface area contributed by atoms with Crippen LogP contribution in [0, 0.1) is 0 Å². The highest BCUT2D eigenvalue weighted by Crippen LogP contribution is 2.21. The second-order valence-corrected chi connectivity index (χ2v) is 6.17. The third kappa shape index (κ3) is 5.09. The van der Waals surface area contributed by atoms with Crippen molar-refractivity contribution in [2.45, 2.75) is 12.8 Å². The van der Waals surface area contributed by atoms with Crippen molar-refractivity contribution in [3.8, 4) is 0 Å². The molecule has 0 saturated heterocycles. The van der Waals surface area contributed by atoms with Crippen LogP contribution in [-0.2, 0) is 16.0 Å². The Morgan fingerprint density at radius 3 is 2.86 bits per heavy atom. The van der Waals surface area contributed by atoms with Crippen LogP contribution in [-0.4, -0.2) is 53.5 Å². The molecule has 1 amide bonds. The van der Waals surface area contributed by atoms with E-state index in [2.05, 4.69) is 10.3 Å². The average molecular weight is 321 g/mol. The summed E-state index contributed by atoms with van der Waals surface area (Å²) in [6.45, 7) is 1.10. The van der Waals surface area contributed by atoms with Gasteiger partial charge in [0, 0.05) is 19.5 Å². The largest absolute Gasteiger partial charge is 0.481 e. The van der Waals surface area contributed by atoms with Gasteiger partial charge in [-0.3, -0.25) is 14.5 Å². The van der Waals surface area contributed by atoms with Crippen LogP contribution in [0.15, 0.2) is 24.3 Å². The zero-order chi connectivity index (χ0) is 15.9. The van der Waals surface area contributed by atoms with E-state index in [0.29, 0.717) is 19.5 Å². The van der Waals surface area contributed by atoms with Gasteiger partial charge >= 0.3 is 5.97 Å². The van der Waals surface area contributed by atoms with E-state index in [4.69, 9.17) is 5.11 Å². The molecule has 0 atom stereocenters. The van der Waals surface area contributed by atoms with Crippen molar-refractivity contribution in [3.63, 3.8) is 0 Å². The molecule has 0 aliphatic heterocycles. The first-order valence-corrected chi connectivity index (χ1v) is 7.88. The van der Waals surface area contributed by atoms with E-state index in [1.54, 1.807) is 23.3 Å². The van der Waals surface area contributed by atoms with Gasteiger partial charge in [-0.2, -0.15) is 0 Å². The molecule has 7 heteroatoms. The number of hydrogen-bond acceptors (Lipinski definition) is 5. The third-order valence-corrected chi connectivity index (χ3v) is 4.22. The Labute approximate surface area is 132 Å². The molecule has 0 unspecified atom stereocenters. The fraction of sp³-hybridized carbons (Fsp3) is 0.400. The Hall–Kier alpha value is -1.99. The predicted molar refractivity (Wildman–Crippen MR) is 86.1 cm³/mol. The number of thiazole rings is 1. The fourth-order valence-corrected chi connectivity index (χ4v) is 2.97. The van der Waals surface area contributed by atoms with Gasteiger partial charge < -0.3 is 10.4 Å². The molecule has 1 aromatic carbocycles. The first-order chi connectivity index (χ1) is 10.5. The van der Waals surface area contributed by atoms with Crippen molar-refractivity contribution in [1.29, 1.82) is 0 Å². The van der Waals surface area contributed by atoms with Crippen LogP contribution in [0.2, 0.25) is 0 Å². The number of amides is 1. The average Bonchev–Trinajstić information content (AvgIpc) is 2.87. The van der Waals surface area contributed by atoms with Crippen LogP contribution < -0.4 is 5.32 Å². The summed E-state index contributed by atoms with van der Waals surface area (Å²) in [7, 11) is 1.73. The molecule has 0 aliphatic carbocycles. The molecule has 0 bridgehead atoms. The molecule has 2 N–H and O–H groups in total. The van der Waals surface area contributed by atoms with Crippen LogP contribution in [0.25, 0.3) is 10.2 Å². The molecular formula is C15H19N3O3S. The number of carboxylic acid groups (broad SMARTS) is 1. The van der Waals surface area contributed by atoms with Crippen molar-refractivity contribution in [1.82, 2.24) is 15.2 Å². The fourth-order valence-electron chi connectivity index (χ4n) is 2.00. The molecule has 6 nitrogen and oxygen atoms in total. The van der Waals surface area contributed by atoms with Gasteiger partial charge in [0.25, 0.3) is 0 Å². The van der Waals surface area contributed by atoms with Gasteiger partial charge in [0.1, 0.15) is 0 Å². The number of para-hydroxylation sites is 1. The van der Waals surface area contributed by atoms with E-state index in [-0.39, 0.29) is 18.9 Å². The van der Waals surface area contributed by atoms with Gasteiger partial charge in [-0.25, -0.2) is 4.98 Å². The lowest BCUT2D eigenvalue weighted by Crippen LogP contribution is -2.36. The summed E-state index contributed by atoms with van der Waals surface area (Å²) in [6.07, 6.45) is 0.736. The number of aliphatic carboxylic acids is 1. The van der Waals surface area contributed by atoms with E-state index in [1.807, 2.05) is 24.3 Å². The van der Waals surface area contributed by atoms with E-state index < -0.39 is 5.97 Å². The highest BCUT2D eigenvalue weighted by molar-refractivity contribution is 7.18. The number of hydrogen-bond donors (Lipinski definition) is 2. The van der Waals surface area contributed by atoms with Gasteiger partial charge in [0.15, 0.2) is 0 Å². The van der Waals surface area contributed by atoms with E-state index in [1.165, 1.54) is 0 Å². The quantitative estimate of drug-likeness (QED) is 0.767. The standard InChI is InChI=1S/C15H19N3O3S/c1-18(9-7-15(20)21)10-13(19)16-8-6-14-17-11-4-2-3-5-12(11)22-14/h2-5H,6-10H2,1H3,(H,16,19)(H,20,21). The number of nitrogens with one attached hydrogen (secondary N) is 1. The number of rotatable bonds is 8. The Kier molecular flexibility index (Phi) is 5.85. The van der Waals surface area contributed by atoms with Crippen molar-refractivity contribution >= 4 is 33.4 Å². The van der Waals surface area contributed by atoms with Crippen LogP contribution in [0.5, 0.6) is 0 Å². The maximum absolute atomic E-state index is 11.7. The molecule has 1 aromatic heterocycles. The molecule has 118 valence electrons. The Bertz CT molecular complexity index is 623. The lowest BCUT2D eigenvalue weighted by Gasteiger charge is -2.14. The molecular weight excluding hydrogens is 302 g/mol. The molecule has 0 radical (unpaired) electrons. The van der Waals surface area contributed by atoms with Crippen molar-refractivity contribution < 1.29 is 14.7 Å². The minimum atomic E-state index is -0.858. The van der Waals surface area contributed by atoms with E-state index >= 15 is 0 Å². The lowest BCUT2D eigenvalue weighted by molar-refractivity contribution is -0.137. The summed E-state index contributed by atoms with van der Waals surface area (Å²) in [5, 5.41) is 12.4. The number of carbonyl (C=O) groups excluding carboxylic acids is 1. The lowest BCUT2D eigenvalue weighted by atomic mass is 10.3. The van der Waals surface area contributed by atoms with Crippen LogP contribution in [0.4, 0.5) is 0 Å². The van der Waals surface area contributed by atoms with Crippen molar-refractivity contribution in [2.75, 3.05) is 26.7 Å². The zero-order valence-corrected chi connectivity index (χ0v) is 13.2. The van der Waals surface area contributed by atoms with Crippen LogP contribution in [0.3, 0.4) is 0 Å². The summed E-state index contributed by atoms with van der Waals surface area (Å²) in [4.78, 5) is 28.4. The summed E-state index contributed by atoms with van der Waals surface area (Å²) in [5.41, 5.74) is 0.988. The highest BCUT2D eigenvalue weighted by atomic mass is 32.1. The minimum Gasteiger partial charge on any atom is -0.481 e. The molecule has 0 fully saturated rings. The SMILES string of the molecule is CN(CCC(=O)O)CC(=O)NCCc1nc2ccccc2s1. The maximum Gasteiger partial charge on any atom is 0.304 e. The van der Waals surface area contributed by atoms with E-state index in [9.17, 15) is 9.59 Å². The topological polar surface area (TPSA) is 82.5 Å². The molecule has 0 saturated carbocycles. The highest BCUT2D eigenvalue weighted by Gasteiger charge is 2.08. The number of benzene rings is 1. The Morgan fingerprint density at radius 2 is 2.14 bits per heavy atom. The normalized spacial score (nSPS) is 11.0. The zero-order valence-electron chi connectivity index (χ0n) is 12.4. The van der Waals surface area contributed by atoms with Crippen LogP contribution >= 0.6 is 11.3 Å². The van der Waals surface area contributed by atoms with Gasteiger partial charge in [-0.15, -0.1) is 11.3 Å². The number of nitrogens with zero attached hydrogens (tertiary/aromatic N) is 2. The number of carboxylic acids is 1. The predicted octanol–water partition coefficient (Wildman–Crippen LogP) is 1.36. The maximum atomic E-state index is 11.7. The summed E-state index contributed by atoms with van der Waals surface area (Å²) < 4.78 is 1.15. The molecule has 1 heterocycles. The van der Waals surface area contributed by atoms with Crippen molar-refractivity contribution in [2.24, 2.45) is 0 Å². The second-order valence-electron chi connectivity index (χ2n) is 5.06. The molecule has 2 rings (SSSR count). The summed E-state index contributed by atoms with van der Waals surface area (Å²) in [6, 6.07) is 7.96. The first-order valence-electron chi connectivity index (χ1n) is 7.06. The minimum absolute atomic E-state index is 0.0372. The Balaban J connectivity index is 1.71. The molecule has 0 spiro atoms.